The number of rotatable bonds is 4. The van der Waals surface area contributed by atoms with Crippen molar-refractivity contribution >= 4 is 0 Å². The molecule has 0 bridgehead atoms. The lowest BCUT2D eigenvalue weighted by atomic mass is 10.1. The molecule has 0 amide bonds. The van der Waals surface area contributed by atoms with Crippen molar-refractivity contribution in [3.05, 3.63) is 65.2 Å². The summed E-state index contributed by atoms with van der Waals surface area (Å²) in [5.41, 5.74) is 7.93. The minimum Gasteiger partial charge on any atom is -0.487 e. The number of hydrogen-bond acceptors (Lipinski definition) is 2. The predicted octanol–water partition coefficient (Wildman–Crippen LogP) is 3.80. The molecule has 0 saturated heterocycles. The summed E-state index contributed by atoms with van der Waals surface area (Å²) in [4.78, 5) is 0. The topological polar surface area (TPSA) is 35.2 Å². The van der Waals surface area contributed by atoms with Gasteiger partial charge in [0.25, 0.3) is 0 Å². The van der Waals surface area contributed by atoms with Gasteiger partial charge in [-0.1, -0.05) is 42.5 Å². The van der Waals surface area contributed by atoms with Gasteiger partial charge in [0.05, 0.1) is 0 Å². The largest absolute Gasteiger partial charge is 0.487 e. The molecule has 2 aromatic carbocycles. The van der Waals surface area contributed by atoms with Crippen LogP contribution in [-0.4, -0.2) is 6.61 Å². The highest BCUT2D eigenvalue weighted by atomic mass is 19.3. The summed E-state index contributed by atoms with van der Waals surface area (Å²) in [6.45, 7) is -0.664. The van der Waals surface area contributed by atoms with Crippen molar-refractivity contribution in [1.29, 1.82) is 0 Å². The van der Waals surface area contributed by atoms with Gasteiger partial charge in [0.2, 0.25) is 0 Å². The van der Waals surface area contributed by atoms with E-state index < -0.39 is 12.5 Å². The van der Waals surface area contributed by atoms with E-state index in [0.717, 1.165) is 24.0 Å². The number of ether oxygens (including phenoxy) is 1. The van der Waals surface area contributed by atoms with E-state index in [9.17, 15) is 8.78 Å². The molecule has 21 heavy (non-hydrogen) atoms. The maximum absolute atomic E-state index is 14.1. The van der Waals surface area contributed by atoms with Gasteiger partial charge in [0.1, 0.15) is 5.75 Å². The van der Waals surface area contributed by atoms with Crippen LogP contribution in [0.5, 0.6) is 5.75 Å². The van der Waals surface area contributed by atoms with Gasteiger partial charge in [-0.3, -0.25) is 0 Å². The second-order valence-electron chi connectivity index (χ2n) is 5.33. The summed E-state index contributed by atoms with van der Waals surface area (Å²) in [6.07, 6.45) is 1.62. The lowest BCUT2D eigenvalue weighted by molar-refractivity contribution is -0.0469. The number of alkyl halides is 2. The van der Waals surface area contributed by atoms with Gasteiger partial charge in [0.15, 0.2) is 6.61 Å². The molecular weight excluding hydrogens is 272 g/mol. The molecule has 0 heterocycles. The van der Waals surface area contributed by atoms with Gasteiger partial charge in [-0.2, -0.15) is 8.78 Å². The Kier molecular flexibility index (Phi) is 3.64. The third-order valence-corrected chi connectivity index (χ3v) is 3.88. The summed E-state index contributed by atoms with van der Waals surface area (Å²) in [7, 11) is 0. The predicted molar refractivity (Wildman–Crippen MR) is 77.5 cm³/mol. The van der Waals surface area contributed by atoms with Crippen LogP contribution in [-0.2, 0) is 12.3 Å². The Balaban J connectivity index is 1.77. The van der Waals surface area contributed by atoms with Crippen molar-refractivity contribution in [3.8, 4) is 5.75 Å². The summed E-state index contributed by atoms with van der Waals surface area (Å²) in [5, 5.41) is 0. The lowest BCUT2D eigenvalue weighted by Crippen LogP contribution is -2.23. The Labute approximate surface area is 122 Å². The average molecular weight is 289 g/mol. The fourth-order valence-corrected chi connectivity index (χ4v) is 2.72. The fourth-order valence-electron chi connectivity index (χ4n) is 2.72. The van der Waals surface area contributed by atoms with Crippen molar-refractivity contribution in [2.75, 3.05) is 6.61 Å². The van der Waals surface area contributed by atoms with Crippen LogP contribution in [0.1, 0.15) is 29.2 Å². The van der Waals surface area contributed by atoms with Crippen molar-refractivity contribution in [2.45, 2.75) is 24.8 Å². The lowest BCUT2D eigenvalue weighted by Gasteiger charge is -2.19. The zero-order valence-corrected chi connectivity index (χ0v) is 11.6. The number of nitrogens with two attached hydrogens (primary N) is 1. The highest BCUT2D eigenvalue weighted by Crippen LogP contribution is 2.37. The Bertz CT molecular complexity index is 628. The zero-order valence-electron chi connectivity index (χ0n) is 11.6. The minimum absolute atomic E-state index is 0.0156. The summed E-state index contributed by atoms with van der Waals surface area (Å²) >= 11 is 0. The fraction of sp³-hybridized carbons (Fsp3) is 0.294. The highest BCUT2D eigenvalue weighted by Gasteiger charge is 2.33. The molecule has 1 unspecified atom stereocenters. The molecule has 0 fully saturated rings. The third kappa shape index (κ3) is 2.76. The van der Waals surface area contributed by atoms with E-state index in [4.69, 9.17) is 10.5 Å². The molecule has 0 spiro atoms. The number of hydrogen-bond donors (Lipinski definition) is 1. The molecule has 1 aliphatic carbocycles. The number of benzene rings is 2. The molecule has 0 aromatic heterocycles. The normalized spacial score (nSPS) is 17.6. The molecule has 2 aromatic rings. The maximum atomic E-state index is 14.1. The van der Waals surface area contributed by atoms with Crippen LogP contribution in [0.3, 0.4) is 0 Å². The standard InChI is InChI=1S/C17H17F2NO/c18-17(19,12-5-2-1-3-6-12)11-21-16-8-4-7-13-14(16)9-10-15(13)20/h1-8,15H,9-11,20H2. The maximum Gasteiger partial charge on any atom is 0.306 e. The van der Waals surface area contributed by atoms with E-state index >= 15 is 0 Å². The second kappa shape index (κ2) is 5.45. The Morgan fingerprint density at radius 2 is 1.86 bits per heavy atom. The van der Waals surface area contributed by atoms with Gasteiger partial charge in [-0.25, -0.2) is 0 Å². The molecule has 110 valence electrons. The molecule has 1 aliphatic rings. The first-order valence-corrected chi connectivity index (χ1v) is 7.01. The van der Waals surface area contributed by atoms with Crippen molar-refractivity contribution in [3.63, 3.8) is 0 Å². The van der Waals surface area contributed by atoms with Gasteiger partial charge in [-0.05, 0) is 30.0 Å². The first-order valence-electron chi connectivity index (χ1n) is 7.01. The monoisotopic (exact) mass is 289 g/mol. The molecule has 3 rings (SSSR count). The van der Waals surface area contributed by atoms with Crippen LogP contribution in [0.4, 0.5) is 8.78 Å². The van der Waals surface area contributed by atoms with Crippen molar-refractivity contribution < 1.29 is 13.5 Å². The van der Waals surface area contributed by atoms with Crippen molar-refractivity contribution in [1.82, 2.24) is 0 Å². The Morgan fingerprint density at radius 3 is 2.62 bits per heavy atom. The summed E-state index contributed by atoms with van der Waals surface area (Å²) in [5.74, 6) is -2.49. The van der Waals surface area contributed by atoms with Crippen LogP contribution in [0, 0.1) is 0 Å². The molecule has 0 saturated carbocycles. The molecular formula is C17H17F2NO. The number of fused-ring (bicyclic) bond motifs is 1. The first-order chi connectivity index (χ1) is 10.1. The van der Waals surface area contributed by atoms with Gasteiger partial charge < -0.3 is 10.5 Å². The molecule has 2 N–H and O–H groups in total. The van der Waals surface area contributed by atoms with Crippen LogP contribution in [0.2, 0.25) is 0 Å². The SMILES string of the molecule is NC1CCc2c(OCC(F)(F)c3ccccc3)cccc21. The Morgan fingerprint density at radius 1 is 1.10 bits per heavy atom. The van der Waals surface area contributed by atoms with E-state index in [1.807, 2.05) is 6.07 Å². The summed E-state index contributed by atoms with van der Waals surface area (Å²) in [6, 6.07) is 13.2. The van der Waals surface area contributed by atoms with Crippen LogP contribution in [0.25, 0.3) is 0 Å². The van der Waals surface area contributed by atoms with E-state index in [1.54, 1.807) is 30.3 Å². The molecule has 4 heteroatoms. The molecule has 1 atom stereocenters. The first kappa shape index (κ1) is 14.0. The third-order valence-electron chi connectivity index (χ3n) is 3.88. The van der Waals surface area contributed by atoms with Crippen LogP contribution >= 0.6 is 0 Å². The van der Waals surface area contributed by atoms with Gasteiger partial charge in [-0.15, -0.1) is 0 Å². The number of halogens is 2. The molecule has 0 radical (unpaired) electrons. The smallest absolute Gasteiger partial charge is 0.306 e. The Hall–Kier alpha value is -1.94. The van der Waals surface area contributed by atoms with Crippen LogP contribution < -0.4 is 10.5 Å². The quantitative estimate of drug-likeness (QED) is 0.929. The van der Waals surface area contributed by atoms with E-state index in [-0.39, 0.29) is 11.6 Å². The summed E-state index contributed by atoms with van der Waals surface area (Å²) < 4.78 is 33.7. The van der Waals surface area contributed by atoms with Crippen molar-refractivity contribution in [2.24, 2.45) is 5.73 Å². The van der Waals surface area contributed by atoms with Crippen LogP contribution in [0.15, 0.2) is 48.5 Å². The zero-order chi connectivity index (χ0) is 14.9. The molecule has 0 aliphatic heterocycles. The van der Waals surface area contributed by atoms with E-state index in [2.05, 4.69) is 0 Å². The average Bonchev–Trinajstić information content (AvgIpc) is 2.88. The van der Waals surface area contributed by atoms with E-state index in [0.29, 0.717) is 5.75 Å². The highest BCUT2D eigenvalue weighted by molar-refractivity contribution is 5.45. The van der Waals surface area contributed by atoms with E-state index in [1.165, 1.54) is 12.1 Å². The van der Waals surface area contributed by atoms with Gasteiger partial charge in [0, 0.05) is 11.6 Å². The molecule has 2 nitrogen and oxygen atoms in total. The second-order valence-corrected chi connectivity index (χ2v) is 5.33. The van der Waals surface area contributed by atoms with Gasteiger partial charge >= 0.3 is 5.92 Å². The minimum atomic E-state index is -3.01.